The molecule has 1 heterocycles. The number of nitrogens with zero attached hydrogens (tertiary/aromatic N) is 3. The van der Waals surface area contributed by atoms with Gasteiger partial charge in [-0.1, -0.05) is 30.3 Å². The molecule has 0 bridgehead atoms. The Bertz CT molecular complexity index is 1230. The van der Waals surface area contributed by atoms with Gasteiger partial charge < -0.3 is 9.80 Å². The Morgan fingerprint density at radius 3 is 2.32 bits per heavy atom. The summed E-state index contributed by atoms with van der Waals surface area (Å²) < 4.78 is 23.9. The van der Waals surface area contributed by atoms with Crippen molar-refractivity contribution in [2.75, 3.05) is 20.4 Å². The number of sulfone groups is 1. The summed E-state index contributed by atoms with van der Waals surface area (Å²) in [6.45, 7) is 1.72. The van der Waals surface area contributed by atoms with E-state index in [9.17, 15) is 23.3 Å². The fraction of sp³-hybridized carbons (Fsp3) is 0.261. The molecule has 2 amide bonds. The lowest BCUT2D eigenvalue weighted by Gasteiger charge is -2.45. The van der Waals surface area contributed by atoms with Crippen LogP contribution in [0.25, 0.3) is 6.08 Å². The fourth-order valence-electron chi connectivity index (χ4n) is 3.64. The summed E-state index contributed by atoms with van der Waals surface area (Å²) >= 11 is 0. The maximum absolute atomic E-state index is 13.3. The topological polar surface area (TPSA) is 98.6 Å². The highest BCUT2D eigenvalue weighted by atomic mass is 32.2. The van der Waals surface area contributed by atoms with Gasteiger partial charge >= 0.3 is 0 Å². The van der Waals surface area contributed by atoms with Crippen LogP contribution in [0.3, 0.4) is 0 Å². The first kappa shape index (κ1) is 22.2. The predicted octanol–water partition coefficient (Wildman–Crippen LogP) is 2.23. The minimum Gasteiger partial charge on any atom is -0.326 e. The van der Waals surface area contributed by atoms with Crippen LogP contribution in [0.2, 0.25) is 0 Å². The number of hydrogen-bond donors (Lipinski definition) is 0. The molecule has 160 valence electrons. The quantitative estimate of drug-likeness (QED) is 0.683. The normalized spacial score (nSPS) is 20.8. The third-order valence-corrected chi connectivity index (χ3v) is 6.76. The number of rotatable bonds is 4. The van der Waals surface area contributed by atoms with E-state index in [1.807, 2.05) is 36.4 Å². The summed E-state index contributed by atoms with van der Waals surface area (Å²) in [4.78, 5) is 29.3. The Labute approximate surface area is 182 Å². The standard InChI is InChI=1S/C23H23N3O4S/c1-23(14-16-8-6-5-7-9-16)22(28)25(2)20(21(27)26(23)3)13-18-12-19(31(4,29)30)11-10-17(18)15-24/h5-13H,14H2,1-4H3/b20-13-. The van der Waals surface area contributed by atoms with Gasteiger partial charge in [-0.2, -0.15) is 5.26 Å². The van der Waals surface area contributed by atoms with Gasteiger partial charge in [-0.15, -0.1) is 0 Å². The number of nitriles is 1. The summed E-state index contributed by atoms with van der Waals surface area (Å²) in [5.74, 6) is -0.670. The first-order valence-corrected chi connectivity index (χ1v) is 11.4. The summed E-state index contributed by atoms with van der Waals surface area (Å²) in [7, 11) is -0.427. The van der Waals surface area contributed by atoms with Gasteiger partial charge in [0.2, 0.25) is 0 Å². The zero-order valence-corrected chi connectivity index (χ0v) is 18.6. The summed E-state index contributed by atoms with van der Waals surface area (Å²) in [6, 6.07) is 15.5. The zero-order chi connectivity index (χ0) is 23.0. The number of hydrogen-bond acceptors (Lipinski definition) is 5. The lowest BCUT2D eigenvalue weighted by Crippen LogP contribution is -2.64. The fourth-order valence-corrected chi connectivity index (χ4v) is 4.30. The van der Waals surface area contributed by atoms with Crippen LogP contribution < -0.4 is 0 Å². The third kappa shape index (κ3) is 4.09. The van der Waals surface area contributed by atoms with Gasteiger partial charge in [0.25, 0.3) is 11.8 Å². The molecule has 31 heavy (non-hydrogen) atoms. The second kappa shape index (κ2) is 8.00. The molecule has 0 radical (unpaired) electrons. The summed E-state index contributed by atoms with van der Waals surface area (Å²) in [5, 5.41) is 9.42. The summed E-state index contributed by atoms with van der Waals surface area (Å²) in [6.07, 6.45) is 2.81. The van der Waals surface area contributed by atoms with Gasteiger partial charge in [-0.3, -0.25) is 9.59 Å². The lowest BCUT2D eigenvalue weighted by molar-refractivity contribution is -0.155. The molecular formula is C23H23N3O4S. The number of piperazine rings is 1. The monoisotopic (exact) mass is 437 g/mol. The molecule has 0 spiro atoms. The van der Waals surface area contributed by atoms with Crippen molar-refractivity contribution in [3.05, 3.63) is 70.9 Å². The maximum atomic E-state index is 13.3. The van der Waals surface area contributed by atoms with Gasteiger partial charge in [-0.05, 0) is 42.3 Å². The molecule has 3 rings (SSSR count). The average Bonchev–Trinajstić information content (AvgIpc) is 2.74. The van der Waals surface area contributed by atoms with E-state index in [0.717, 1.165) is 11.8 Å². The van der Waals surface area contributed by atoms with Crippen LogP contribution in [-0.2, 0) is 25.8 Å². The van der Waals surface area contributed by atoms with Crippen LogP contribution in [0.5, 0.6) is 0 Å². The maximum Gasteiger partial charge on any atom is 0.271 e. The van der Waals surface area contributed by atoms with Crippen molar-refractivity contribution >= 4 is 27.7 Å². The number of carbonyl (C=O) groups is 2. The number of carbonyl (C=O) groups excluding carboxylic acids is 2. The zero-order valence-electron chi connectivity index (χ0n) is 17.8. The van der Waals surface area contributed by atoms with E-state index in [1.165, 1.54) is 41.1 Å². The third-order valence-electron chi connectivity index (χ3n) is 5.65. The van der Waals surface area contributed by atoms with Crippen LogP contribution in [0.1, 0.15) is 23.6 Å². The molecule has 2 aromatic rings. The van der Waals surface area contributed by atoms with Crippen molar-refractivity contribution in [2.24, 2.45) is 0 Å². The van der Waals surface area contributed by atoms with Gasteiger partial charge in [0.05, 0.1) is 16.5 Å². The van der Waals surface area contributed by atoms with Gasteiger partial charge in [0, 0.05) is 26.8 Å². The molecule has 7 nitrogen and oxygen atoms in total. The van der Waals surface area contributed by atoms with E-state index in [2.05, 4.69) is 0 Å². The first-order valence-electron chi connectivity index (χ1n) is 9.55. The molecule has 1 aliphatic rings. The highest BCUT2D eigenvalue weighted by Crippen LogP contribution is 2.31. The van der Waals surface area contributed by atoms with E-state index >= 15 is 0 Å². The van der Waals surface area contributed by atoms with Gasteiger partial charge in [0.15, 0.2) is 9.84 Å². The minimum absolute atomic E-state index is 0.0258. The van der Waals surface area contributed by atoms with Gasteiger partial charge in [-0.25, -0.2) is 8.42 Å². The smallest absolute Gasteiger partial charge is 0.271 e. The lowest BCUT2D eigenvalue weighted by atomic mass is 9.87. The minimum atomic E-state index is -3.51. The molecule has 1 fully saturated rings. The molecule has 1 aliphatic heterocycles. The van der Waals surface area contributed by atoms with Crippen molar-refractivity contribution in [3.8, 4) is 6.07 Å². The molecule has 8 heteroatoms. The average molecular weight is 438 g/mol. The van der Waals surface area contributed by atoms with E-state index in [-0.39, 0.29) is 27.6 Å². The SMILES string of the molecule is CN1C(=O)C(C)(Cc2ccccc2)N(C)C(=O)/C1=C/c1cc(S(C)(=O)=O)ccc1C#N. The van der Waals surface area contributed by atoms with Crippen molar-refractivity contribution in [3.63, 3.8) is 0 Å². The Hall–Kier alpha value is -3.44. The first-order chi connectivity index (χ1) is 14.5. The van der Waals surface area contributed by atoms with Crippen LogP contribution >= 0.6 is 0 Å². The molecule has 0 aromatic heterocycles. The molecule has 1 atom stereocenters. The second-order valence-corrected chi connectivity index (χ2v) is 9.84. The number of benzene rings is 2. The number of amides is 2. The molecule has 1 saturated heterocycles. The van der Waals surface area contributed by atoms with Crippen LogP contribution in [0, 0.1) is 11.3 Å². The van der Waals surface area contributed by atoms with Gasteiger partial charge in [0.1, 0.15) is 11.2 Å². The second-order valence-electron chi connectivity index (χ2n) is 7.83. The van der Waals surface area contributed by atoms with Crippen LogP contribution in [-0.4, -0.2) is 55.9 Å². The Morgan fingerprint density at radius 1 is 1.10 bits per heavy atom. The van der Waals surface area contributed by atoms with Crippen molar-refractivity contribution < 1.29 is 18.0 Å². The van der Waals surface area contributed by atoms with E-state index < -0.39 is 21.3 Å². The van der Waals surface area contributed by atoms with Crippen LogP contribution in [0.4, 0.5) is 0 Å². The van der Waals surface area contributed by atoms with E-state index in [0.29, 0.717) is 6.42 Å². The van der Waals surface area contributed by atoms with Crippen LogP contribution in [0.15, 0.2) is 59.1 Å². The Morgan fingerprint density at radius 2 is 1.74 bits per heavy atom. The Kier molecular flexibility index (Phi) is 5.74. The molecule has 0 aliphatic carbocycles. The molecular weight excluding hydrogens is 414 g/mol. The van der Waals surface area contributed by atoms with Crippen molar-refractivity contribution in [2.45, 2.75) is 23.8 Å². The number of likely N-dealkylation sites (N-methyl/N-ethyl adjacent to an activating group) is 2. The van der Waals surface area contributed by atoms with Crippen molar-refractivity contribution in [1.29, 1.82) is 5.26 Å². The van der Waals surface area contributed by atoms with Crippen molar-refractivity contribution in [1.82, 2.24) is 9.80 Å². The largest absolute Gasteiger partial charge is 0.326 e. The highest BCUT2D eigenvalue weighted by molar-refractivity contribution is 7.90. The molecule has 2 aromatic carbocycles. The van der Waals surface area contributed by atoms with E-state index in [4.69, 9.17) is 0 Å². The molecule has 0 saturated carbocycles. The Balaban J connectivity index is 2.06. The molecule has 1 unspecified atom stereocenters. The summed E-state index contributed by atoms with van der Waals surface area (Å²) in [5.41, 5.74) is 0.367. The predicted molar refractivity (Wildman–Crippen MR) is 116 cm³/mol. The molecule has 0 N–H and O–H groups in total. The highest BCUT2D eigenvalue weighted by Gasteiger charge is 2.48. The van der Waals surface area contributed by atoms with E-state index in [1.54, 1.807) is 14.0 Å².